The smallest absolute Gasteiger partial charge is 0.191 e. The molecule has 0 radical (unpaired) electrons. The lowest BCUT2D eigenvalue weighted by Crippen LogP contribution is -2.69. The lowest BCUT2D eigenvalue weighted by molar-refractivity contribution is -0.125. The predicted octanol–water partition coefficient (Wildman–Crippen LogP) is 3.39. The van der Waals surface area contributed by atoms with E-state index in [0.29, 0.717) is 23.5 Å². The number of guanidine groups is 1. The van der Waals surface area contributed by atoms with Crippen LogP contribution < -0.4 is 10.6 Å². The van der Waals surface area contributed by atoms with Gasteiger partial charge in [-0.2, -0.15) is 0 Å². The molecular weight excluding hydrogens is 447 g/mol. The maximum atomic E-state index is 6.08. The molecule has 4 rings (SSSR count). The largest absolute Gasteiger partial charge is 0.377 e. The van der Waals surface area contributed by atoms with Gasteiger partial charge in [0.25, 0.3) is 0 Å². The normalized spacial score (nSPS) is 29.9. The first-order valence-corrected chi connectivity index (χ1v) is 9.97. The minimum atomic E-state index is 0. The van der Waals surface area contributed by atoms with Crippen LogP contribution in [0.2, 0.25) is 0 Å². The van der Waals surface area contributed by atoms with Crippen molar-refractivity contribution in [3.8, 4) is 0 Å². The van der Waals surface area contributed by atoms with E-state index in [-0.39, 0.29) is 24.0 Å². The van der Waals surface area contributed by atoms with Crippen molar-refractivity contribution in [1.29, 1.82) is 0 Å². The molecule has 2 aliphatic carbocycles. The maximum absolute atomic E-state index is 6.08. The number of aryl methyl sites for hydroxylation is 2. The van der Waals surface area contributed by atoms with Crippen LogP contribution in [0, 0.1) is 25.2 Å². The number of aliphatic imine (C=N–C) groups is 1. The van der Waals surface area contributed by atoms with Crippen molar-refractivity contribution in [1.82, 2.24) is 15.6 Å². The third kappa shape index (κ3) is 3.32. The second kappa shape index (κ2) is 7.68. The van der Waals surface area contributed by atoms with E-state index in [0.717, 1.165) is 29.8 Å². The Morgan fingerprint density at radius 1 is 1.36 bits per heavy atom. The molecule has 1 aliphatic heterocycles. The lowest BCUT2D eigenvalue weighted by Gasteiger charge is -2.57. The minimum Gasteiger partial charge on any atom is -0.377 e. The van der Waals surface area contributed by atoms with E-state index in [4.69, 9.17) is 4.74 Å². The second-order valence-corrected chi connectivity index (χ2v) is 8.76. The molecule has 7 heteroatoms. The Bertz CT molecular complexity index is 641. The zero-order valence-electron chi connectivity index (χ0n) is 15.3. The van der Waals surface area contributed by atoms with Gasteiger partial charge in [0.2, 0.25) is 0 Å². The number of hydrogen-bond acceptors (Lipinski definition) is 4. The standard InChI is InChI=1S/C18H28N4OS.HI/c1-11-14(24-12(2)21-11)10-20-17(19-3)22-15-13-6-9-23-16(13)18(15)7-4-5-8-18;/h13,15-16H,4-10H2,1-3H3,(H2,19,20,22);1H. The van der Waals surface area contributed by atoms with Crippen LogP contribution in [-0.2, 0) is 11.3 Å². The molecule has 1 aromatic rings. The van der Waals surface area contributed by atoms with Crippen molar-refractivity contribution in [3.63, 3.8) is 0 Å². The highest BCUT2D eigenvalue weighted by Gasteiger charge is 2.65. The molecule has 0 amide bonds. The molecule has 0 bridgehead atoms. The van der Waals surface area contributed by atoms with Crippen LogP contribution in [0.15, 0.2) is 4.99 Å². The highest BCUT2D eigenvalue weighted by atomic mass is 127. The third-order valence-corrected chi connectivity index (χ3v) is 7.29. The first kappa shape index (κ1) is 19.4. The summed E-state index contributed by atoms with van der Waals surface area (Å²) < 4.78 is 6.08. The fourth-order valence-electron chi connectivity index (χ4n) is 5.15. The molecule has 1 saturated heterocycles. The highest BCUT2D eigenvalue weighted by Crippen LogP contribution is 2.60. The number of nitrogens with one attached hydrogen (secondary N) is 2. The number of hydrogen-bond donors (Lipinski definition) is 2. The average Bonchev–Trinajstić information content (AvgIpc) is 3.27. The summed E-state index contributed by atoms with van der Waals surface area (Å²) in [5.41, 5.74) is 1.48. The number of fused-ring (bicyclic) bond motifs is 2. The first-order valence-electron chi connectivity index (χ1n) is 9.16. The molecule has 3 fully saturated rings. The molecule has 3 unspecified atom stereocenters. The average molecular weight is 476 g/mol. The third-order valence-electron chi connectivity index (χ3n) is 6.22. The molecule has 5 nitrogen and oxygen atoms in total. The van der Waals surface area contributed by atoms with Gasteiger partial charge in [0.05, 0.1) is 23.4 Å². The summed E-state index contributed by atoms with van der Waals surface area (Å²) in [4.78, 5) is 10.3. The Kier molecular flexibility index (Phi) is 5.95. The summed E-state index contributed by atoms with van der Waals surface area (Å²) in [6, 6.07) is 0.517. The molecule has 3 aliphatic rings. The first-order chi connectivity index (χ1) is 11.6. The monoisotopic (exact) mass is 476 g/mol. The molecule has 140 valence electrons. The number of halogens is 1. The fourth-order valence-corrected chi connectivity index (χ4v) is 6.02. The Balaban J connectivity index is 0.00000182. The van der Waals surface area contributed by atoms with Gasteiger partial charge < -0.3 is 15.4 Å². The summed E-state index contributed by atoms with van der Waals surface area (Å²) in [5, 5.41) is 8.37. The van der Waals surface area contributed by atoms with Crippen LogP contribution in [0.4, 0.5) is 0 Å². The molecular formula is C18H29IN4OS. The SMILES string of the molecule is CN=C(NCc1sc(C)nc1C)NC1C2CCOC2C12CCCC2.I. The van der Waals surface area contributed by atoms with Crippen molar-refractivity contribution in [2.75, 3.05) is 13.7 Å². The van der Waals surface area contributed by atoms with Crippen molar-refractivity contribution >= 4 is 41.3 Å². The molecule has 1 spiro atoms. The van der Waals surface area contributed by atoms with E-state index in [1.54, 1.807) is 11.3 Å². The second-order valence-electron chi connectivity index (χ2n) is 7.47. The summed E-state index contributed by atoms with van der Waals surface area (Å²) >= 11 is 1.76. The van der Waals surface area contributed by atoms with Gasteiger partial charge in [-0.15, -0.1) is 35.3 Å². The van der Waals surface area contributed by atoms with Gasteiger partial charge in [0, 0.05) is 35.9 Å². The quantitative estimate of drug-likeness (QED) is 0.399. The van der Waals surface area contributed by atoms with Crippen LogP contribution in [0.1, 0.15) is 47.7 Å². The summed E-state index contributed by atoms with van der Waals surface area (Å²) in [6.07, 6.45) is 6.97. The van der Waals surface area contributed by atoms with E-state index in [1.165, 1.54) is 37.0 Å². The predicted molar refractivity (Wildman–Crippen MR) is 113 cm³/mol. The van der Waals surface area contributed by atoms with Gasteiger partial charge in [0.1, 0.15) is 0 Å². The van der Waals surface area contributed by atoms with Gasteiger partial charge in [-0.05, 0) is 33.1 Å². The van der Waals surface area contributed by atoms with Crippen LogP contribution in [0.5, 0.6) is 0 Å². The molecule has 0 aromatic carbocycles. The van der Waals surface area contributed by atoms with Gasteiger partial charge >= 0.3 is 0 Å². The number of thiazole rings is 1. The van der Waals surface area contributed by atoms with Gasteiger partial charge in [0.15, 0.2) is 5.96 Å². The molecule has 25 heavy (non-hydrogen) atoms. The Labute approximate surface area is 171 Å². The van der Waals surface area contributed by atoms with E-state index in [1.807, 2.05) is 7.05 Å². The van der Waals surface area contributed by atoms with Crippen molar-refractivity contribution < 1.29 is 4.74 Å². The Hall–Kier alpha value is -0.410. The van der Waals surface area contributed by atoms with Crippen molar-refractivity contribution in [2.24, 2.45) is 16.3 Å². The molecule has 2 N–H and O–H groups in total. The van der Waals surface area contributed by atoms with E-state index in [9.17, 15) is 0 Å². The van der Waals surface area contributed by atoms with Gasteiger partial charge in [-0.3, -0.25) is 4.99 Å². The number of rotatable bonds is 3. The van der Waals surface area contributed by atoms with Crippen LogP contribution in [0.25, 0.3) is 0 Å². The molecule has 2 saturated carbocycles. The van der Waals surface area contributed by atoms with E-state index < -0.39 is 0 Å². The molecule has 3 atom stereocenters. The van der Waals surface area contributed by atoms with Crippen LogP contribution in [-0.4, -0.2) is 36.7 Å². The van der Waals surface area contributed by atoms with Gasteiger partial charge in [-0.1, -0.05) is 12.8 Å². The summed E-state index contributed by atoms with van der Waals surface area (Å²) in [5.74, 6) is 1.58. The van der Waals surface area contributed by atoms with E-state index >= 15 is 0 Å². The molecule has 1 aromatic heterocycles. The number of aromatic nitrogens is 1. The van der Waals surface area contributed by atoms with Crippen LogP contribution >= 0.6 is 35.3 Å². The fraction of sp³-hybridized carbons (Fsp3) is 0.778. The zero-order chi connectivity index (χ0) is 16.7. The lowest BCUT2D eigenvalue weighted by atomic mass is 9.54. The maximum Gasteiger partial charge on any atom is 0.191 e. The minimum absolute atomic E-state index is 0. The van der Waals surface area contributed by atoms with Gasteiger partial charge in [-0.25, -0.2) is 4.98 Å². The van der Waals surface area contributed by atoms with E-state index in [2.05, 4.69) is 34.5 Å². The van der Waals surface area contributed by atoms with Crippen molar-refractivity contribution in [2.45, 2.75) is 64.6 Å². The number of ether oxygens (including phenoxy) is 1. The summed E-state index contributed by atoms with van der Waals surface area (Å²) in [7, 11) is 1.86. The number of nitrogens with zero attached hydrogens (tertiary/aromatic N) is 2. The molecule has 2 heterocycles. The Morgan fingerprint density at radius 3 is 2.76 bits per heavy atom. The Morgan fingerprint density at radius 2 is 2.12 bits per heavy atom. The van der Waals surface area contributed by atoms with Crippen molar-refractivity contribution in [3.05, 3.63) is 15.6 Å². The zero-order valence-corrected chi connectivity index (χ0v) is 18.4. The highest BCUT2D eigenvalue weighted by molar-refractivity contribution is 14.0. The van der Waals surface area contributed by atoms with Crippen LogP contribution in [0.3, 0.4) is 0 Å². The topological polar surface area (TPSA) is 58.5 Å². The summed E-state index contributed by atoms with van der Waals surface area (Å²) in [6.45, 7) is 5.87.